The molecule has 3 aliphatic rings. The molecule has 0 spiro atoms. The topological polar surface area (TPSA) is 122 Å². The van der Waals surface area contributed by atoms with Crippen molar-refractivity contribution in [3.05, 3.63) is 83.1 Å². The Morgan fingerprint density at radius 2 is 2.08 bits per heavy atom. The summed E-state index contributed by atoms with van der Waals surface area (Å²) >= 11 is 0. The fourth-order valence-corrected chi connectivity index (χ4v) is 4.86. The van der Waals surface area contributed by atoms with Gasteiger partial charge in [-0.25, -0.2) is 4.98 Å². The number of nitrogens with one attached hydrogen (secondary N) is 2. The van der Waals surface area contributed by atoms with Crippen LogP contribution in [0.1, 0.15) is 41.3 Å². The van der Waals surface area contributed by atoms with Crippen LogP contribution in [0.5, 0.6) is 0 Å². The third-order valence-corrected chi connectivity index (χ3v) is 6.82. The smallest absolute Gasteiger partial charge is 0.265 e. The molecule has 1 aromatic carbocycles. The highest BCUT2D eigenvalue weighted by Gasteiger charge is 2.46. The first-order chi connectivity index (χ1) is 17.9. The van der Waals surface area contributed by atoms with Gasteiger partial charge in [-0.2, -0.15) is 10.8 Å². The van der Waals surface area contributed by atoms with Crippen LogP contribution in [-0.4, -0.2) is 45.9 Å². The molecule has 4 N–H and O–H groups in total. The number of hydrogen-bond acceptors (Lipinski definition) is 7. The van der Waals surface area contributed by atoms with Crippen LogP contribution in [0.2, 0.25) is 0 Å². The van der Waals surface area contributed by atoms with E-state index in [-0.39, 0.29) is 28.2 Å². The normalized spacial score (nSPS) is 24.1. The van der Waals surface area contributed by atoms with Crippen LogP contribution in [0, 0.1) is 24.7 Å². The maximum Gasteiger partial charge on any atom is 0.265 e. The van der Waals surface area contributed by atoms with Gasteiger partial charge < -0.3 is 10.6 Å². The number of carbonyl (C=O) groups is 2. The van der Waals surface area contributed by atoms with Crippen molar-refractivity contribution in [3.63, 3.8) is 0 Å². The number of aryl methyl sites for hydroxylation is 1. The molecule has 0 radical (unpaired) electrons. The molecule has 3 atom stereocenters. The molecule has 9 heteroatoms. The van der Waals surface area contributed by atoms with Gasteiger partial charge in [0.2, 0.25) is 11.5 Å². The van der Waals surface area contributed by atoms with E-state index in [1.54, 1.807) is 49.9 Å². The molecule has 3 aliphatic heterocycles. The zero-order valence-corrected chi connectivity index (χ0v) is 20.7. The van der Waals surface area contributed by atoms with E-state index in [1.807, 2.05) is 25.1 Å². The summed E-state index contributed by atoms with van der Waals surface area (Å²) < 4.78 is -0.110. The Labute approximate surface area is 215 Å². The molecule has 1 saturated heterocycles. The second-order valence-electron chi connectivity index (χ2n) is 9.23. The predicted molar refractivity (Wildman–Crippen MR) is 142 cm³/mol. The first kappa shape index (κ1) is 24.5. The molecule has 186 valence electrons. The SMILES string of the molecule is CC#CC(=O)C1CCC(C2=C3C=NC=C[N+]3(N)C(c3ccc(C(=O)Nc4ccccn4)cc3C)=N2)NC1. The molecule has 3 unspecified atom stereocenters. The molecule has 9 nitrogen and oxygen atoms in total. The van der Waals surface area contributed by atoms with Crippen molar-refractivity contribution in [3.8, 4) is 11.8 Å². The highest BCUT2D eigenvalue weighted by Crippen LogP contribution is 2.35. The average Bonchev–Trinajstić information content (AvgIpc) is 3.22. The number of fused-ring (bicyclic) bond motifs is 1. The number of aliphatic imine (C=N–C) groups is 2. The number of allylic oxidation sites excluding steroid dienone is 1. The van der Waals surface area contributed by atoms with Gasteiger partial charge in [-0.1, -0.05) is 12.0 Å². The Bertz CT molecular complexity index is 1440. The zero-order valence-electron chi connectivity index (χ0n) is 20.7. The number of anilines is 1. The molecule has 4 heterocycles. The van der Waals surface area contributed by atoms with Crippen LogP contribution in [0.4, 0.5) is 5.82 Å². The molecule has 0 aliphatic carbocycles. The number of carbonyl (C=O) groups excluding carboxylic acids is 2. The number of benzene rings is 1. The molecule has 0 saturated carbocycles. The number of pyridine rings is 1. The van der Waals surface area contributed by atoms with Crippen LogP contribution in [0.25, 0.3) is 0 Å². The molecule has 0 bridgehead atoms. The average molecular weight is 495 g/mol. The van der Waals surface area contributed by atoms with E-state index < -0.39 is 0 Å². The Hall–Kier alpha value is -4.23. The van der Waals surface area contributed by atoms with E-state index in [0.29, 0.717) is 23.8 Å². The Balaban J connectivity index is 1.41. The third kappa shape index (κ3) is 4.66. The lowest BCUT2D eigenvalue weighted by atomic mass is 9.90. The van der Waals surface area contributed by atoms with Gasteiger partial charge >= 0.3 is 0 Å². The lowest BCUT2D eigenvalue weighted by Gasteiger charge is -2.29. The molecule has 2 aromatic rings. The highest BCUT2D eigenvalue weighted by atomic mass is 16.1. The van der Waals surface area contributed by atoms with E-state index in [9.17, 15) is 9.59 Å². The molecule has 1 amide bonds. The maximum absolute atomic E-state index is 12.8. The lowest BCUT2D eigenvalue weighted by molar-refractivity contribution is -0.750. The number of nitrogens with two attached hydrogens (primary N) is 1. The summed E-state index contributed by atoms with van der Waals surface area (Å²) in [5.41, 5.74) is 3.82. The first-order valence-electron chi connectivity index (χ1n) is 12.2. The number of Topliss-reactive ketones (excluding diaryl/α,β-unsaturated/α-hetero) is 1. The Morgan fingerprint density at radius 3 is 2.78 bits per heavy atom. The molecule has 1 fully saturated rings. The quantitative estimate of drug-likeness (QED) is 0.255. The van der Waals surface area contributed by atoms with E-state index in [4.69, 9.17) is 10.8 Å². The van der Waals surface area contributed by atoms with Gasteiger partial charge in [-0.05, 0) is 68.5 Å². The minimum absolute atomic E-state index is 0.0318. The van der Waals surface area contributed by atoms with Crippen molar-refractivity contribution >= 4 is 29.6 Å². The van der Waals surface area contributed by atoms with Crippen molar-refractivity contribution < 1.29 is 14.2 Å². The fraction of sp³-hybridized carbons (Fsp3) is 0.250. The minimum Gasteiger partial charge on any atom is -0.308 e. The molecule has 37 heavy (non-hydrogen) atoms. The van der Waals surface area contributed by atoms with Crippen molar-refractivity contribution in [2.75, 3.05) is 11.9 Å². The zero-order chi connectivity index (χ0) is 26.0. The maximum atomic E-state index is 12.8. The molecular weight excluding hydrogens is 466 g/mol. The number of piperidine rings is 1. The van der Waals surface area contributed by atoms with Gasteiger partial charge in [0.15, 0.2) is 0 Å². The summed E-state index contributed by atoms with van der Waals surface area (Å²) in [6.45, 7) is 4.15. The molecule has 1 aromatic heterocycles. The van der Waals surface area contributed by atoms with Gasteiger partial charge in [-0.15, -0.1) is 4.59 Å². The monoisotopic (exact) mass is 494 g/mol. The lowest BCUT2D eigenvalue weighted by Crippen LogP contribution is -2.53. The van der Waals surface area contributed by atoms with E-state index in [2.05, 4.69) is 32.5 Å². The summed E-state index contributed by atoms with van der Waals surface area (Å²) in [4.78, 5) is 38.5. The van der Waals surface area contributed by atoms with Gasteiger partial charge in [0.1, 0.15) is 17.7 Å². The van der Waals surface area contributed by atoms with Crippen LogP contribution in [-0.2, 0) is 4.79 Å². The molecule has 5 rings (SSSR count). The van der Waals surface area contributed by atoms with Gasteiger partial charge in [-0.3, -0.25) is 14.6 Å². The van der Waals surface area contributed by atoms with Crippen molar-refractivity contribution in [2.24, 2.45) is 21.7 Å². The first-order valence-corrected chi connectivity index (χ1v) is 12.2. The number of amidine groups is 1. The summed E-state index contributed by atoms with van der Waals surface area (Å²) in [7, 11) is 0. The van der Waals surface area contributed by atoms with E-state index in [0.717, 1.165) is 35.4 Å². The number of nitrogens with zero attached hydrogens (tertiary/aromatic N) is 4. The third-order valence-electron chi connectivity index (χ3n) is 6.82. The van der Waals surface area contributed by atoms with Crippen LogP contribution in [0.15, 0.2) is 76.4 Å². The van der Waals surface area contributed by atoms with E-state index in [1.165, 1.54) is 0 Å². The van der Waals surface area contributed by atoms with E-state index >= 15 is 0 Å². The van der Waals surface area contributed by atoms with Crippen LogP contribution >= 0.6 is 0 Å². The summed E-state index contributed by atoms with van der Waals surface area (Å²) in [6.07, 6.45) is 8.30. The Kier molecular flexibility index (Phi) is 6.63. The van der Waals surface area contributed by atoms with Gasteiger partial charge in [0, 0.05) is 24.2 Å². The molecular formula is C28H28N7O2+. The number of hydrogen-bond donors (Lipinski definition) is 3. The number of ketones is 1. The standard InChI is InChI=1S/C28H27N7O2/c1-3-6-24(36)20-9-11-22(32-16-20)26-23-17-30-13-14-35(23,29)27(34-26)21-10-8-19(15-18(21)2)28(37)33-25-7-4-5-12-31-25/h4-5,7-8,10,12-15,17,20,22,32H,9,11,16,29H2,1-2H3/p+1. The van der Waals surface area contributed by atoms with Crippen LogP contribution in [0.3, 0.4) is 0 Å². The van der Waals surface area contributed by atoms with Crippen LogP contribution < -0.4 is 16.5 Å². The second-order valence-corrected chi connectivity index (χ2v) is 9.23. The largest absolute Gasteiger partial charge is 0.308 e. The number of aromatic nitrogens is 1. The number of rotatable bonds is 5. The summed E-state index contributed by atoms with van der Waals surface area (Å²) in [6, 6.07) is 10.7. The number of quaternary nitrogens is 1. The van der Waals surface area contributed by atoms with Crippen molar-refractivity contribution in [1.82, 2.24) is 10.3 Å². The van der Waals surface area contributed by atoms with Crippen molar-refractivity contribution in [1.29, 1.82) is 0 Å². The highest BCUT2D eigenvalue weighted by molar-refractivity contribution is 6.06. The van der Waals surface area contributed by atoms with Crippen molar-refractivity contribution in [2.45, 2.75) is 32.7 Å². The summed E-state index contributed by atoms with van der Waals surface area (Å²) in [5, 5.41) is 6.28. The minimum atomic E-state index is -0.244. The Morgan fingerprint density at radius 1 is 1.22 bits per heavy atom. The predicted octanol–water partition coefficient (Wildman–Crippen LogP) is 2.82. The number of amides is 1. The second kappa shape index (κ2) is 10.0. The van der Waals surface area contributed by atoms with Gasteiger partial charge in [0.05, 0.1) is 24.0 Å². The van der Waals surface area contributed by atoms with Gasteiger partial charge in [0.25, 0.3) is 11.7 Å². The summed E-state index contributed by atoms with van der Waals surface area (Å²) in [5.74, 6) is 13.0. The fourth-order valence-electron chi connectivity index (χ4n) is 4.86.